The molecule has 2 rings (SSSR count). The predicted octanol–water partition coefficient (Wildman–Crippen LogP) is 3.15. The van der Waals surface area contributed by atoms with Crippen LogP contribution in [0.2, 0.25) is 0 Å². The zero-order chi connectivity index (χ0) is 19.9. The molecule has 0 saturated heterocycles. The van der Waals surface area contributed by atoms with Crippen molar-refractivity contribution in [2.75, 3.05) is 6.54 Å². The van der Waals surface area contributed by atoms with Gasteiger partial charge < -0.3 is 15.9 Å². The van der Waals surface area contributed by atoms with E-state index >= 15 is 0 Å². The number of alkyl halides is 1. The number of nitrogens with two attached hydrogens (primary N) is 1. The maximum absolute atomic E-state index is 15.0. The highest BCUT2D eigenvalue weighted by Crippen LogP contribution is 2.38. The van der Waals surface area contributed by atoms with Crippen molar-refractivity contribution in [3.8, 4) is 11.3 Å². The van der Waals surface area contributed by atoms with Crippen molar-refractivity contribution in [3.63, 3.8) is 0 Å². The van der Waals surface area contributed by atoms with E-state index in [0.29, 0.717) is 0 Å². The highest BCUT2D eigenvalue weighted by Gasteiger charge is 2.46. The topological polar surface area (TPSA) is 79.4 Å². The van der Waals surface area contributed by atoms with E-state index in [4.69, 9.17) is 5.73 Å². The van der Waals surface area contributed by atoms with E-state index in [2.05, 4.69) is 4.98 Å². The maximum Gasteiger partial charge on any atom is 0.155 e. The number of aliphatic hydroxyl groups is 2. The van der Waals surface area contributed by atoms with Gasteiger partial charge in [0.1, 0.15) is 17.1 Å². The van der Waals surface area contributed by atoms with Crippen molar-refractivity contribution < 1.29 is 23.4 Å². The van der Waals surface area contributed by atoms with Crippen molar-refractivity contribution in [2.45, 2.75) is 44.6 Å². The molecule has 1 aromatic carbocycles. The number of hydrogen-bond donors (Lipinski definition) is 3. The summed E-state index contributed by atoms with van der Waals surface area (Å²) in [6.07, 6.45) is 0. The van der Waals surface area contributed by atoms with Gasteiger partial charge >= 0.3 is 0 Å². The lowest BCUT2D eigenvalue weighted by molar-refractivity contribution is -0.0847. The highest BCUT2D eigenvalue weighted by atomic mass is 19.1. The third kappa shape index (κ3) is 3.60. The molecule has 0 fully saturated rings. The summed E-state index contributed by atoms with van der Waals surface area (Å²) in [4.78, 5) is 4.08. The Balaban J connectivity index is 2.79. The second-order valence-electron chi connectivity index (χ2n) is 7.26. The number of hydrogen-bond acceptors (Lipinski definition) is 4. The van der Waals surface area contributed by atoms with Crippen LogP contribution in [0.15, 0.2) is 30.3 Å². The zero-order valence-electron chi connectivity index (χ0n) is 15.1. The molecule has 0 radical (unpaired) electrons. The quantitative estimate of drug-likeness (QED) is 0.758. The van der Waals surface area contributed by atoms with Crippen LogP contribution < -0.4 is 5.73 Å². The van der Waals surface area contributed by atoms with Gasteiger partial charge in [0, 0.05) is 17.7 Å². The molecule has 0 aliphatic carbocycles. The Hall–Kier alpha value is -1.96. The lowest BCUT2D eigenvalue weighted by Crippen LogP contribution is -2.49. The molecule has 26 heavy (non-hydrogen) atoms. The normalized spacial score (nSPS) is 16.8. The van der Waals surface area contributed by atoms with Crippen LogP contribution in [0.25, 0.3) is 11.3 Å². The van der Waals surface area contributed by atoms with Crippen LogP contribution in [0.4, 0.5) is 13.2 Å². The summed E-state index contributed by atoms with van der Waals surface area (Å²) < 4.78 is 42.9. The van der Waals surface area contributed by atoms with E-state index in [-0.39, 0.29) is 22.5 Å². The molecule has 2 aromatic rings. The molecule has 7 heteroatoms. The van der Waals surface area contributed by atoms with Crippen molar-refractivity contribution in [1.82, 2.24) is 4.98 Å². The molecule has 1 aromatic heterocycles. The molecule has 142 valence electrons. The molecular weight excluding hydrogens is 345 g/mol. The number of aromatic nitrogens is 1. The van der Waals surface area contributed by atoms with Crippen molar-refractivity contribution in [1.29, 1.82) is 0 Å². The molecule has 0 amide bonds. The fourth-order valence-corrected chi connectivity index (χ4v) is 2.49. The molecule has 4 nitrogen and oxygen atoms in total. The van der Waals surface area contributed by atoms with E-state index in [1.54, 1.807) is 0 Å². The minimum absolute atomic E-state index is 0.171. The minimum atomic E-state index is -2.26. The van der Waals surface area contributed by atoms with Crippen molar-refractivity contribution in [3.05, 3.63) is 53.2 Å². The van der Waals surface area contributed by atoms with Crippen molar-refractivity contribution in [2.24, 2.45) is 5.73 Å². The number of benzene rings is 1. The lowest BCUT2D eigenvalue weighted by Gasteiger charge is -2.36. The average Bonchev–Trinajstić information content (AvgIpc) is 2.54. The summed E-state index contributed by atoms with van der Waals surface area (Å²) in [5.74, 6) is -1.35. The maximum atomic E-state index is 15.0. The number of nitrogens with zero attached hydrogens (tertiary/aromatic N) is 1. The van der Waals surface area contributed by atoms with Gasteiger partial charge in [0.25, 0.3) is 0 Å². The first-order chi connectivity index (χ1) is 11.8. The van der Waals surface area contributed by atoms with Gasteiger partial charge in [0.15, 0.2) is 11.5 Å². The Morgan fingerprint density at radius 1 is 1.04 bits per heavy atom. The summed E-state index contributed by atoms with van der Waals surface area (Å²) in [7, 11) is 0. The standard InChI is InChI=1S/C19H23F3N2O2/c1-17(2,25)13-9-14(19(4,26)18(3,22)10-23)24-16(15(13)21)11-5-7-12(20)8-6-11/h5-9,25-26H,10,23H2,1-4H3. The van der Waals surface area contributed by atoms with E-state index < -0.39 is 35.1 Å². The largest absolute Gasteiger partial charge is 0.386 e. The third-order valence-corrected chi connectivity index (χ3v) is 4.63. The second kappa shape index (κ2) is 6.64. The van der Waals surface area contributed by atoms with Crippen LogP contribution in [0, 0.1) is 11.6 Å². The smallest absolute Gasteiger partial charge is 0.155 e. The first-order valence-electron chi connectivity index (χ1n) is 8.12. The van der Waals surface area contributed by atoms with Crippen LogP contribution in [0.5, 0.6) is 0 Å². The first kappa shape index (κ1) is 20.4. The van der Waals surface area contributed by atoms with Gasteiger partial charge in [-0.1, -0.05) is 0 Å². The SMILES string of the molecule is CC(C)(O)c1cc(C(C)(O)C(C)(F)CN)nc(-c2ccc(F)cc2)c1F. The van der Waals surface area contributed by atoms with Gasteiger partial charge in [-0.15, -0.1) is 0 Å². The Morgan fingerprint density at radius 3 is 2.04 bits per heavy atom. The molecule has 2 atom stereocenters. The first-order valence-corrected chi connectivity index (χ1v) is 8.12. The van der Waals surface area contributed by atoms with Gasteiger partial charge in [-0.3, -0.25) is 0 Å². The van der Waals surface area contributed by atoms with Gasteiger partial charge in [0.05, 0.1) is 11.3 Å². The van der Waals surface area contributed by atoms with Gasteiger partial charge in [-0.05, 0) is 58.0 Å². The second-order valence-corrected chi connectivity index (χ2v) is 7.26. The van der Waals surface area contributed by atoms with Gasteiger partial charge in [0.2, 0.25) is 0 Å². The molecular formula is C19H23F3N2O2. The van der Waals surface area contributed by atoms with Crippen LogP contribution in [0.3, 0.4) is 0 Å². The summed E-state index contributed by atoms with van der Waals surface area (Å²) in [6, 6.07) is 6.00. The Bertz CT molecular complexity index is 798. The zero-order valence-corrected chi connectivity index (χ0v) is 15.1. The van der Waals surface area contributed by atoms with E-state index in [9.17, 15) is 23.4 Å². The molecule has 2 unspecified atom stereocenters. The fourth-order valence-electron chi connectivity index (χ4n) is 2.49. The Kier molecular flexibility index (Phi) is 5.20. The van der Waals surface area contributed by atoms with Crippen LogP contribution in [0.1, 0.15) is 39.0 Å². The summed E-state index contributed by atoms with van der Waals surface area (Å²) in [5.41, 5.74) is -0.972. The highest BCUT2D eigenvalue weighted by molar-refractivity contribution is 5.62. The minimum Gasteiger partial charge on any atom is -0.386 e. The molecule has 0 aliphatic rings. The molecule has 0 bridgehead atoms. The van der Waals surface area contributed by atoms with E-state index in [1.807, 2.05) is 0 Å². The van der Waals surface area contributed by atoms with E-state index in [1.165, 1.54) is 32.9 Å². The predicted molar refractivity (Wildman–Crippen MR) is 93.0 cm³/mol. The monoisotopic (exact) mass is 368 g/mol. The van der Waals surface area contributed by atoms with Crippen LogP contribution >= 0.6 is 0 Å². The summed E-state index contributed by atoms with van der Waals surface area (Å²) in [5, 5.41) is 21.0. The lowest BCUT2D eigenvalue weighted by atomic mass is 9.82. The van der Waals surface area contributed by atoms with Crippen LogP contribution in [-0.2, 0) is 11.2 Å². The summed E-state index contributed by atoms with van der Waals surface area (Å²) in [6.45, 7) is 4.51. The van der Waals surface area contributed by atoms with Crippen LogP contribution in [-0.4, -0.2) is 27.4 Å². The molecule has 4 N–H and O–H groups in total. The average molecular weight is 368 g/mol. The molecule has 0 spiro atoms. The molecule has 1 heterocycles. The van der Waals surface area contributed by atoms with Gasteiger partial charge in [-0.2, -0.15) is 0 Å². The molecule has 0 saturated carbocycles. The van der Waals surface area contributed by atoms with Crippen molar-refractivity contribution >= 4 is 0 Å². The van der Waals surface area contributed by atoms with E-state index in [0.717, 1.165) is 25.1 Å². The molecule has 0 aliphatic heterocycles. The van der Waals surface area contributed by atoms with Gasteiger partial charge in [-0.25, -0.2) is 18.2 Å². The summed E-state index contributed by atoms with van der Waals surface area (Å²) >= 11 is 0. The third-order valence-electron chi connectivity index (χ3n) is 4.63. The Morgan fingerprint density at radius 2 is 1.58 bits per heavy atom. The fraction of sp³-hybridized carbons (Fsp3) is 0.421. The number of halogens is 3. The number of pyridine rings is 1. The number of rotatable bonds is 5. The Labute approximate surface area is 150 Å².